The first-order valence-electron chi connectivity index (χ1n) is 7.16. The zero-order chi connectivity index (χ0) is 14.3. The smallest absolute Gasteiger partial charge is 0.385 e. The number of allylic oxidation sites excluding steroid dienone is 3. The summed E-state index contributed by atoms with van der Waals surface area (Å²) in [6.45, 7) is 5.18. The molecule has 1 N–H and O–H groups in total. The monoisotopic (exact) mass is 275 g/mol. The number of nitrogens with one attached hydrogen (secondary N) is 1. The van der Waals surface area contributed by atoms with Crippen LogP contribution in [0.3, 0.4) is 0 Å². The molecule has 4 heteroatoms. The molecule has 0 amide bonds. The van der Waals surface area contributed by atoms with E-state index in [1.165, 1.54) is 25.3 Å². The topological polar surface area (TPSA) is 12.0 Å². The van der Waals surface area contributed by atoms with Crippen molar-refractivity contribution in [3.63, 3.8) is 0 Å². The van der Waals surface area contributed by atoms with Gasteiger partial charge in [0, 0.05) is 12.2 Å². The molecule has 0 fully saturated rings. The first-order valence-corrected chi connectivity index (χ1v) is 7.16. The van der Waals surface area contributed by atoms with Gasteiger partial charge in [-0.05, 0) is 24.8 Å². The number of unbranched alkanes of at least 4 members (excludes halogenated alkanes) is 1. The molecule has 0 bridgehead atoms. The van der Waals surface area contributed by atoms with E-state index in [9.17, 15) is 13.2 Å². The van der Waals surface area contributed by atoms with Gasteiger partial charge in [0.15, 0.2) is 0 Å². The van der Waals surface area contributed by atoms with Gasteiger partial charge in [-0.2, -0.15) is 13.2 Å². The first kappa shape index (κ1) is 16.1. The van der Waals surface area contributed by atoms with E-state index in [0.717, 1.165) is 18.7 Å². The standard InChI is InChI=1S/C15H24F3N/c1-3-5-6-12(4-2)11-19-14-9-7-13(8-10-14)15(16,17)18/h7,9-10,12-13,19H,3-6,8,11H2,1-2H3. The highest BCUT2D eigenvalue weighted by atomic mass is 19.4. The molecule has 1 aliphatic rings. The Morgan fingerprint density at radius 1 is 1.37 bits per heavy atom. The van der Waals surface area contributed by atoms with Gasteiger partial charge >= 0.3 is 6.18 Å². The van der Waals surface area contributed by atoms with Gasteiger partial charge in [-0.25, -0.2) is 0 Å². The molecule has 1 nitrogen and oxygen atoms in total. The van der Waals surface area contributed by atoms with Crippen LogP contribution in [-0.2, 0) is 0 Å². The molecule has 0 spiro atoms. The van der Waals surface area contributed by atoms with E-state index in [0.29, 0.717) is 5.92 Å². The van der Waals surface area contributed by atoms with Gasteiger partial charge in [0.25, 0.3) is 0 Å². The van der Waals surface area contributed by atoms with Gasteiger partial charge in [0.05, 0.1) is 5.92 Å². The van der Waals surface area contributed by atoms with Crippen LogP contribution in [0.5, 0.6) is 0 Å². The quantitative estimate of drug-likeness (QED) is 0.702. The van der Waals surface area contributed by atoms with Gasteiger partial charge in [0.2, 0.25) is 0 Å². The molecule has 19 heavy (non-hydrogen) atoms. The SMILES string of the molecule is CCCCC(CC)CNC1=CCC(C(F)(F)F)C=C1. The van der Waals surface area contributed by atoms with Gasteiger partial charge in [-0.15, -0.1) is 0 Å². The minimum atomic E-state index is -4.12. The molecule has 1 aliphatic carbocycles. The van der Waals surface area contributed by atoms with Crippen molar-refractivity contribution in [3.05, 3.63) is 23.9 Å². The molecule has 1 rings (SSSR count). The lowest BCUT2D eigenvalue weighted by atomic mass is 9.97. The van der Waals surface area contributed by atoms with Crippen LogP contribution in [-0.4, -0.2) is 12.7 Å². The first-order chi connectivity index (χ1) is 8.97. The molecule has 0 aromatic rings. The summed E-state index contributed by atoms with van der Waals surface area (Å²) in [6.07, 6.45) is 5.10. The third-order valence-corrected chi connectivity index (χ3v) is 3.66. The molecule has 0 radical (unpaired) electrons. The van der Waals surface area contributed by atoms with Crippen LogP contribution < -0.4 is 5.32 Å². The summed E-state index contributed by atoms with van der Waals surface area (Å²) in [5, 5.41) is 3.26. The van der Waals surface area contributed by atoms with Crippen LogP contribution in [0.15, 0.2) is 23.9 Å². The predicted molar refractivity (Wildman–Crippen MR) is 72.7 cm³/mol. The third-order valence-electron chi connectivity index (χ3n) is 3.66. The summed E-state index contributed by atoms with van der Waals surface area (Å²) < 4.78 is 37.4. The van der Waals surface area contributed by atoms with Crippen LogP contribution in [0, 0.1) is 11.8 Å². The lowest BCUT2D eigenvalue weighted by Crippen LogP contribution is -2.26. The van der Waals surface area contributed by atoms with Gasteiger partial charge in [-0.1, -0.05) is 45.3 Å². The van der Waals surface area contributed by atoms with Crippen molar-refractivity contribution in [1.29, 1.82) is 0 Å². The van der Waals surface area contributed by atoms with Crippen LogP contribution in [0.1, 0.15) is 46.0 Å². The highest BCUT2D eigenvalue weighted by molar-refractivity contribution is 5.22. The van der Waals surface area contributed by atoms with Crippen molar-refractivity contribution in [2.45, 2.75) is 52.1 Å². The fourth-order valence-electron chi connectivity index (χ4n) is 2.20. The lowest BCUT2D eigenvalue weighted by Gasteiger charge is -2.21. The van der Waals surface area contributed by atoms with Crippen molar-refractivity contribution in [1.82, 2.24) is 5.32 Å². The fourth-order valence-corrected chi connectivity index (χ4v) is 2.20. The van der Waals surface area contributed by atoms with Crippen molar-refractivity contribution in [2.75, 3.05) is 6.54 Å². The van der Waals surface area contributed by atoms with E-state index in [4.69, 9.17) is 0 Å². The van der Waals surface area contributed by atoms with Crippen LogP contribution in [0.25, 0.3) is 0 Å². The third kappa shape index (κ3) is 5.70. The van der Waals surface area contributed by atoms with Crippen molar-refractivity contribution >= 4 is 0 Å². The summed E-state index contributed by atoms with van der Waals surface area (Å²) >= 11 is 0. The summed E-state index contributed by atoms with van der Waals surface area (Å²) in [5.41, 5.74) is 0.829. The Balaban J connectivity index is 2.36. The normalized spacial score (nSPS) is 21.1. The van der Waals surface area contributed by atoms with Crippen LogP contribution in [0.4, 0.5) is 13.2 Å². The van der Waals surface area contributed by atoms with E-state index in [2.05, 4.69) is 19.2 Å². The van der Waals surface area contributed by atoms with Gasteiger partial charge < -0.3 is 5.32 Å². The maximum Gasteiger partial charge on any atom is 0.395 e. The Kier molecular flexibility index (Phi) is 6.46. The second kappa shape index (κ2) is 7.61. The summed E-state index contributed by atoms with van der Waals surface area (Å²) in [7, 11) is 0. The second-order valence-corrected chi connectivity index (χ2v) is 5.20. The van der Waals surface area contributed by atoms with Crippen LogP contribution in [0.2, 0.25) is 0 Å². The molecule has 0 aliphatic heterocycles. The second-order valence-electron chi connectivity index (χ2n) is 5.20. The number of rotatable bonds is 7. The van der Waals surface area contributed by atoms with E-state index in [1.54, 1.807) is 12.2 Å². The Morgan fingerprint density at radius 3 is 2.58 bits per heavy atom. The zero-order valence-corrected chi connectivity index (χ0v) is 11.8. The highest BCUT2D eigenvalue weighted by Crippen LogP contribution is 2.32. The number of alkyl halides is 3. The maximum absolute atomic E-state index is 12.5. The Labute approximate surface area is 114 Å². The molecule has 0 aromatic carbocycles. The Bertz CT molecular complexity index is 318. The molecular weight excluding hydrogens is 251 g/mol. The summed E-state index contributed by atoms with van der Waals surface area (Å²) in [4.78, 5) is 0. The van der Waals surface area contributed by atoms with E-state index < -0.39 is 12.1 Å². The highest BCUT2D eigenvalue weighted by Gasteiger charge is 2.37. The van der Waals surface area contributed by atoms with E-state index in [1.807, 2.05) is 0 Å². The molecular formula is C15H24F3N. The number of halogens is 3. The largest absolute Gasteiger partial charge is 0.395 e. The zero-order valence-electron chi connectivity index (χ0n) is 11.8. The van der Waals surface area contributed by atoms with E-state index >= 15 is 0 Å². The molecule has 2 unspecified atom stereocenters. The molecule has 0 heterocycles. The Hall–Kier alpha value is -0.930. The summed E-state index contributed by atoms with van der Waals surface area (Å²) in [6, 6.07) is 0. The number of hydrogen-bond donors (Lipinski definition) is 1. The molecule has 0 aromatic heterocycles. The average Bonchev–Trinajstić information content (AvgIpc) is 2.38. The average molecular weight is 275 g/mol. The van der Waals surface area contributed by atoms with Gasteiger partial charge in [-0.3, -0.25) is 0 Å². The van der Waals surface area contributed by atoms with Crippen molar-refractivity contribution in [3.8, 4) is 0 Å². The van der Waals surface area contributed by atoms with Crippen molar-refractivity contribution < 1.29 is 13.2 Å². The van der Waals surface area contributed by atoms with Gasteiger partial charge in [0.1, 0.15) is 0 Å². The molecule has 0 saturated heterocycles. The minimum Gasteiger partial charge on any atom is -0.385 e. The lowest BCUT2D eigenvalue weighted by molar-refractivity contribution is -0.160. The fraction of sp³-hybridized carbons (Fsp3) is 0.733. The minimum absolute atomic E-state index is 0.0497. The maximum atomic E-state index is 12.5. The number of hydrogen-bond acceptors (Lipinski definition) is 1. The van der Waals surface area contributed by atoms with Crippen LogP contribution >= 0.6 is 0 Å². The summed E-state index contributed by atoms with van der Waals surface area (Å²) in [5.74, 6) is -0.713. The Morgan fingerprint density at radius 2 is 2.11 bits per heavy atom. The molecule has 2 atom stereocenters. The predicted octanol–water partition coefficient (Wildman–Crippen LogP) is 4.81. The molecule has 110 valence electrons. The van der Waals surface area contributed by atoms with E-state index in [-0.39, 0.29) is 6.42 Å². The van der Waals surface area contributed by atoms with Crippen molar-refractivity contribution in [2.24, 2.45) is 11.8 Å². The molecule has 0 saturated carbocycles.